The fourth-order valence-electron chi connectivity index (χ4n) is 3.61. The van der Waals surface area contributed by atoms with Crippen LogP contribution in [0.1, 0.15) is 29.1 Å². The molecule has 1 amide bonds. The molecule has 3 aromatic rings. The zero-order valence-electron chi connectivity index (χ0n) is 17.0. The van der Waals surface area contributed by atoms with Crippen molar-refractivity contribution < 1.29 is 9.32 Å². The monoisotopic (exact) mass is 395 g/mol. The number of carbonyl (C=O) groups is 1. The summed E-state index contributed by atoms with van der Waals surface area (Å²) in [5.41, 5.74) is 2.85. The number of aromatic nitrogens is 5. The van der Waals surface area contributed by atoms with Gasteiger partial charge in [-0.1, -0.05) is 5.16 Å². The van der Waals surface area contributed by atoms with Gasteiger partial charge in [0.15, 0.2) is 5.82 Å². The van der Waals surface area contributed by atoms with Gasteiger partial charge in [0.2, 0.25) is 5.91 Å². The predicted molar refractivity (Wildman–Crippen MR) is 107 cm³/mol. The largest absolute Gasteiger partial charge is 0.361 e. The summed E-state index contributed by atoms with van der Waals surface area (Å²) in [6.45, 7) is 8.59. The Morgan fingerprint density at radius 1 is 1.10 bits per heavy atom. The van der Waals surface area contributed by atoms with Crippen molar-refractivity contribution in [1.29, 1.82) is 0 Å². The maximum absolute atomic E-state index is 12.6. The molecule has 0 radical (unpaired) electrons. The van der Waals surface area contributed by atoms with Crippen molar-refractivity contribution >= 4 is 11.7 Å². The lowest BCUT2D eigenvalue weighted by atomic mass is 10.1. The first-order valence-electron chi connectivity index (χ1n) is 9.80. The van der Waals surface area contributed by atoms with Crippen LogP contribution in [0.5, 0.6) is 0 Å². The van der Waals surface area contributed by atoms with E-state index in [9.17, 15) is 4.79 Å². The second kappa shape index (κ2) is 8.02. The molecule has 0 bridgehead atoms. The SMILES string of the molecule is Cc1ccn(-c2cc(N3CCN(C(=O)CCc4c(C)noc4C)CC3)ncn2)n1. The number of hydrogen-bond acceptors (Lipinski definition) is 7. The van der Waals surface area contributed by atoms with E-state index in [2.05, 4.69) is 25.1 Å². The van der Waals surface area contributed by atoms with Gasteiger partial charge in [-0.15, -0.1) is 0 Å². The Hall–Kier alpha value is -3.23. The molecule has 0 N–H and O–H groups in total. The molecule has 0 aliphatic carbocycles. The minimum absolute atomic E-state index is 0.167. The zero-order valence-corrected chi connectivity index (χ0v) is 17.0. The zero-order chi connectivity index (χ0) is 20.4. The molecule has 4 rings (SSSR count). The number of nitrogens with zero attached hydrogens (tertiary/aromatic N) is 7. The molecular weight excluding hydrogens is 370 g/mol. The molecule has 0 atom stereocenters. The second-order valence-corrected chi connectivity index (χ2v) is 7.31. The Morgan fingerprint density at radius 3 is 2.52 bits per heavy atom. The molecule has 1 aliphatic heterocycles. The molecular formula is C20H25N7O2. The Labute approximate surface area is 169 Å². The van der Waals surface area contributed by atoms with Gasteiger partial charge < -0.3 is 14.3 Å². The van der Waals surface area contributed by atoms with Crippen LogP contribution in [0.2, 0.25) is 0 Å². The minimum Gasteiger partial charge on any atom is -0.361 e. The van der Waals surface area contributed by atoms with Gasteiger partial charge in [-0.05, 0) is 33.3 Å². The van der Waals surface area contributed by atoms with Gasteiger partial charge in [0.25, 0.3) is 0 Å². The van der Waals surface area contributed by atoms with Crippen molar-refractivity contribution in [1.82, 2.24) is 29.8 Å². The maximum Gasteiger partial charge on any atom is 0.223 e. The first-order chi connectivity index (χ1) is 14.0. The van der Waals surface area contributed by atoms with E-state index in [4.69, 9.17) is 4.52 Å². The van der Waals surface area contributed by atoms with Gasteiger partial charge in [-0.25, -0.2) is 14.6 Å². The molecule has 29 heavy (non-hydrogen) atoms. The quantitative estimate of drug-likeness (QED) is 0.651. The van der Waals surface area contributed by atoms with Crippen LogP contribution in [0.3, 0.4) is 0 Å². The van der Waals surface area contributed by atoms with E-state index in [1.165, 1.54) is 0 Å². The summed E-state index contributed by atoms with van der Waals surface area (Å²) in [6, 6.07) is 3.87. The van der Waals surface area contributed by atoms with Crippen LogP contribution in [0.4, 0.5) is 5.82 Å². The molecule has 9 heteroatoms. The highest BCUT2D eigenvalue weighted by molar-refractivity contribution is 5.76. The lowest BCUT2D eigenvalue weighted by Crippen LogP contribution is -2.49. The Kier molecular flexibility index (Phi) is 5.28. The van der Waals surface area contributed by atoms with Crippen LogP contribution in [0.25, 0.3) is 5.82 Å². The van der Waals surface area contributed by atoms with Gasteiger partial charge in [-0.3, -0.25) is 4.79 Å². The number of piperazine rings is 1. The fraction of sp³-hybridized carbons (Fsp3) is 0.450. The molecule has 4 heterocycles. The summed E-state index contributed by atoms with van der Waals surface area (Å²) in [5.74, 6) is 2.55. The summed E-state index contributed by atoms with van der Waals surface area (Å²) in [5, 5.41) is 8.36. The molecule has 0 spiro atoms. The topological polar surface area (TPSA) is 93.2 Å². The molecule has 0 aromatic carbocycles. The number of aryl methyl sites for hydroxylation is 3. The highest BCUT2D eigenvalue weighted by Crippen LogP contribution is 2.18. The number of hydrogen-bond donors (Lipinski definition) is 0. The predicted octanol–water partition coefficient (Wildman–Crippen LogP) is 1.86. The van der Waals surface area contributed by atoms with Crippen LogP contribution in [-0.4, -0.2) is 61.9 Å². The number of rotatable bonds is 5. The summed E-state index contributed by atoms with van der Waals surface area (Å²) < 4.78 is 6.92. The molecule has 0 unspecified atom stereocenters. The van der Waals surface area contributed by atoms with E-state index in [0.717, 1.165) is 47.4 Å². The molecule has 1 fully saturated rings. The second-order valence-electron chi connectivity index (χ2n) is 7.31. The van der Waals surface area contributed by atoms with Crippen molar-refractivity contribution in [3.8, 4) is 5.82 Å². The Balaban J connectivity index is 1.34. The van der Waals surface area contributed by atoms with E-state index in [-0.39, 0.29) is 5.91 Å². The van der Waals surface area contributed by atoms with E-state index in [1.54, 1.807) is 11.0 Å². The van der Waals surface area contributed by atoms with E-state index in [1.807, 2.05) is 44.0 Å². The van der Waals surface area contributed by atoms with Gasteiger partial charge in [-0.2, -0.15) is 5.10 Å². The summed E-state index contributed by atoms with van der Waals surface area (Å²) in [4.78, 5) is 25.4. The fourth-order valence-corrected chi connectivity index (χ4v) is 3.61. The van der Waals surface area contributed by atoms with E-state index < -0.39 is 0 Å². The number of amides is 1. The number of carbonyl (C=O) groups excluding carboxylic acids is 1. The average molecular weight is 395 g/mol. The molecule has 3 aromatic heterocycles. The molecule has 1 aliphatic rings. The molecule has 0 saturated carbocycles. The van der Waals surface area contributed by atoms with Crippen molar-refractivity contribution in [3.05, 3.63) is 47.4 Å². The van der Waals surface area contributed by atoms with Gasteiger partial charge in [0.1, 0.15) is 17.9 Å². The number of anilines is 1. The lowest BCUT2D eigenvalue weighted by Gasteiger charge is -2.35. The first-order valence-corrected chi connectivity index (χ1v) is 9.80. The van der Waals surface area contributed by atoms with Crippen molar-refractivity contribution in [2.45, 2.75) is 33.6 Å². The third kappa shape index (κ3) is 4.13. The maximum atomic E-state index is 12.6. The summed E-state index contributed by atoms with van der Waals surface area (Å²) in [7, 11) is 0. The van der Waals surface area contributed by atoms with Crippen LogP contribution in [0, 0.1) is 20.8 Å². The van der Waals surface area contributed by atoms with Gasteiger partial charge >= 0.3 is 0 Å². The van der Waals surface area contributed by atoms with Crippen molar-refractivity contribution in [2.24, 2.45) is 0 Å². The third-order valence-corrected chi connectivity index (χ3v) is 5.32. The molecule has 9 nitrogen and oxygen atoms in total. The Morgan fingerprint density at radius 2 is 1.86 bits per heavy atom. The third-order valence-electron chi connectivity index (χ3n) is 5.32. The molecule has 152 valence electrons. The van der Waals surface area contributed by atoms with E-state index >= 15 is 0 Å². The smallest absolute Gasteiger partial charge is 0.223 e. The highest BCUT2D eigenvalue weighted by Gasteiger charge is 2.23. The van der Waals surface area contributed by atoms with Crippen LogP contribution in [0.15, 0.2) is 29.2 Å². The van der Waals surface area contributed by atoms with Crippen molar-refractivity contribution in [3.63, 3.8) is 0 Å². The standard InChI is InChI=1S/C20H25N7O2/c1-14-6-7-27(23-14)19-12-18(21-13-22-19)25-8-10-26(11-9-25)20(28)5-4-17-15(2)24-29-16(17)3/h6-7,12-13H,4-5,8-11H2,1-3H3. The highest BCUT2D eigenvalue weighted by atomic mass is 16.5. The van der Waals surface area contributed by atoms with Crippen LogP contribution in [-0.2, 0) is 11.2 Å². The minimum atomic E-state index is 0.167. The van der Waals surface area contributed by atoms with Crippen LogP contribution >= 0.6 is 0 Å². The average Bonchev–Trinajstić information content (AvgIpc) is 3.32. The Bertz CT molecular complexity index is 982. The molecule has 1 saturated heterocycles. The lowest BCUT2D eigenvalue weighted by molar-refractivity contribution is -0.131. The van der Waals surface area contributed by atoms with Crippen LogP contribution < -0.4 is 4.90 Å². The first kappa shape index (κ1) is 19.1. The van der Waals surface area contributed by atoms with Crippen molar-refractivity contribution in [2.75, 3.05) is 31.1 Å². The normalized spacial score (nSPS) is 14.4. The van der Waals surface area contributed by atoms with E-state index in [0.29, 0.717) is 25.9 Å². The summed E-state index contributed by atoms with van der Waals surface area (Å²) >= 11 is 0. The summed E-state index contributed by atoms with van der Waals surface area (Å²) in [6.07, 6.45) is 4.58. The van der Waals surface area contributed by atoms with Gasteiger partial charge in [0.05, 0.1) is 11.4 Å². The van der Waals surface area contributed by atoms with Gasteiger partial charge in [0, 0.05) is 50.4 Å².